The van der Waals surface area contributed by atoms with Crippen LogP contribution in [0, 0.1) is 0 Å². The van der Waals surface area contributed by atoms with Gasteiger partial charge in [0.15, 0.2) is 0 Å². The normalized spacial score (nSPS) is 9.75. The number of quaternary nitrogens is 1. The summed E-state index contributed by atoms with van der Waals surface area (Å²) < 4.78 is 0. The maximum Gasteiger partial charge on any atom is 0.202 e. The molecule has 0 aliphatic carbocycles. The molecule has 0 amide bonds. The molecule has 0 fully saturated rings. The van der Waals surface area contributed by atoms with Crippen LogP contribution < -0.4 is 4.90 Å². The fourth-order valence-electron chi connectivity index (χ4n) is 0.365. The van der Waals surface area contributed by atoms with Gasteiger partial charge in [-0.3, -0.25) is 0 Å². The van der Waals surface area contributed by atoms with E-state index in [0.29, 0.717) is 6.54 Å². The molecule has 8 heavy (non-hydrogen) atoms. The summed E-state index contributed by atoms with van der Waals surface area (Å²) in [7, 11) is 3.72. The molecule has 0 radical (unpaired) electrons. The van der Waals surface area contributed by atoms with E-state index in [-0.39, 0.29) is 5.48 Å². The van der Waals surface area contributed by atoms with Gasteiger partial charge in [-0.05, 0) is 0 Å². The van der Waals surface area contributed by atoms with Gasteiger partial charge in [0, 0.05) is 0 Å². The van der Waals surface area contributed by atoms with Crippen LogP contribution in [0.25, 0.3) is 0 Å². The second kappa shape index (κ2) is 4.99. The van der Waals surface area contributed by atoms with Gasteiger partial charge in [-0.1, -0.05) is 0 Å². The summed E-state index contributed by atoms with van der Waals surface area (Å²) in [6, 6.07) is 0. The van der Waals surface area contributed by atoms with E-state index in [2.05, 4.69) is 0 Å². The second-order valence-corrected chi connectivity index (χ2v) is 1.89. The number of likely N-dealkylation sites (N-methyl/N-ethyl adjacent to an activating group) is 1. The van der Waals surface area contributed by atoms with Crippen LogP contribution in [0.15, 0.2) is 0 Å². The molecular formula is C4H13NO3. The molecule has 0 aliphatic rings. The van der Waals surface area contributed by atoms with Crippen LogP contribution in [0.2, 0.25) is 0 Å². The molecule has 0 atom stereocenters. The molecule has 0 rings (SSSR count). The highest BCUT2D eigenvalue weighted by Crippen LogP contribution is 1.59. The zero-order chi connectivity index (χ0) is 5.86. The number of hydrogen-bond donors (Lipinski definition) is 3. The predicted octanol–water partition coefficient (Wildman–Crippen LogP) is -2.74. The van der Waals surface area contributed by atoms with Crippen molar-refractivity contribution in [3.63, 3.8) is 0 Å². The summed E-state index contributed by atoms with van der Waals surface area (Å²) in [6.07, 6.45) is -1.16. The average Bonchev–Trinajstić information content (AvgIpc) is 1.27. The molecule has 0 heterocycles. The molecule has 0 saturated carbocycles. The van der Waals surface area contributed by atoms with Crippen molar-refractivity contribution in [2.45, 2.75) is 6.29 Å². The zero-order valence-electron chi connectivity index (χ0n) is 5.13. The van der Waals surface area contributed by atoms with Crippen molar-refractivity contribution in [1.82, 2.24) is 0 Å². The Bertz CT molecular complexity index is 40.5. The van der Waals surface area contributed by atoms with Gasteiger partial charge in [0.05, 0.1) is 14.1 Å². The summed E-state index contributed by atoms with van der Waals surface area (Å²) in [6.45, 7) is 0.389. The lowest BCUT2D eigenvalue weighted by Crippen LogP contribution is -3.07. The van der Waals surface area contributed by atoms with Gasteiger partial charge in [-0.2, -0.15) is 0 Å². The third-order valence-electron chi connectivity index (χ3n) is 0.591. The van der Waals surface area contributed by atoms with E-state index in [1.165, 1.54) is 0 Å². The Morgan fingerprint density at radius 1 is 1.38 bits per heavy atom. The quantitative estimate of drug-likeness (QED) is 0.349. The predicted molar refractivity (Wildman–Crippen MR) is 27.8 cm³/mol. The van der Waals surface area contributed by atoms with Crippen LogP contribution in [0.5, 0.6) is 0 Å². The standard InChI is InChI=1S/C4H11NO2.H2O/c1-5(2)3-4(6)7;/h4,6-7H,3H2,1-2H3;1H2. The fraction of sp³-hybridized carbons (Fsp3) is 1.00. The van der Waals surface area contributed by atoms with Crippen molar-refractivity contribution in [1.29, 1.82) is 0 Å². The van der Waals surface area contributed by atoms with Gasteiger partial charge in [0.2, 0.25) is 6.29 Å². The molecule has 0 unspecified atom stereocenters. The molecule has 4 heteroatoms. The smallest absolute Gasteiger partial charge is 0.202 e. The van der Waals surface area contributed by atoms with Gasteiger partial charge in [-0.25, -0.2) is 0 Å². The highest BCUT2D eigenvalue weighted by molar-refractivity contribution is 4.22. The summed E-state index contributed by atoms with van der Waals surface area (Å²) in [5.74, 6) is 0. The first kappa shape index (κ1) is 10.8. The van der Waals surface area contributed by atoms with Crippen LogP contribution in [0.1, 0.15) is 0 Å². The zero-order valence-corrected chi connectivity index (χ0v) is 5.13. The van der Waals surface area contributed by atoms with Gasteiger partial charge in [0.1, 0.15) is 6.54 Å². The second-order valence-electron chi connectivity index (χ2n) is 1.89. The number of aliphatic hydroxyl groups excluding tert-OH is 1. The van der Waals surface area contributed by atoms with Gasteiger partial charge in [0.25, 0.3) is 0 Å². The molecule has 0 aromatic carbocycles. The number of hydrogen-bond acceptors (Lipinski definition) is 3. The molecule has 4 N–H and O–H groups in total. The van der Waals surface area contributed by atoms with Crippen LogP contribution in [-0.4, -0.2) is 42.6 Å². The summed E-state index contributed by atoms with van der Waals surface area (Å²) >= 11 is 0. The van der Waals surface area contributed by atoms with Crippen LogP contribution in [-0.2, 0) is 0 Å². The van der Waals surface area contributed by atoms with E-state index in [1.807, 2.05) is 14.1 Å². The maximum absolute atomic E-state index is 8.26. The molecule has 4 nitrogen and oxygen atoms in total. The van der Waals surface area contributed by atoms with Crippen LogP contribution in [0.4, 0.5) is 0 Å². The topological polar surface area (TPSA) is 74.9 Å². The first-order chi connectivity index (χ1) is 3.13. The number of nitrogens with one attached hydrogen (secondary N) is 1. The highest BCUT2D eigenvalue weighted by atomic mass is 16.5. The van der Waals surface area contributed by atoms with E-state index in [1.54, 1.807) is 0 Å². The van der Waals surface area contributed by atoms with E-state index >= 15 is 0 Å². The number of rotatable bonds is 2. The fourth-order valence-corrected chi connectivity index (χ4v) is 0.365. The molecule has 0 aliphatic heterocycles. The summed E-state index contributed by atoms with van der Waals surface area (Å²) in [5.41, 5.74) is 0. The van der Waals surface area contributed by atoms with Crippen molar-refractivity contribution in [3.05, 3.63) is 0 Å². The molecule has 0 aromatic rings. The first-order valence-corrected chi connectivity index (χ1v) is 2.28. The minimum absolute atomic E-state index is 0. The van der Waals surface area contributed by atoms with Crippen LogP contribution in [0.3, 0.4) is 0 Å². The lowest BCUT2D eigenvalue weighted by molar-refractivity contribution is -0.865. The molecular weight excluding hydrogens is 110 g/mol. The lowest BCUT2D eigenvalue weighted by Gasteiger charge is -2.06. The molecule has 0 aromatic heterocycles. The minimum atomic E-state index is -1.16. The SMILES string of the molecule is C[NH+](C)CC(O)O.[OH-]. The first-order valence-electron chi connectivity index (χ1n) is 2.28. The Kier molecular flexibility index (Phi) is 6.70. The summed E-state index contributed by atoms with van der Waals surface area (Å²) in [4.78, 5) is 1.04. The van der Waals surface area contributed by atoms with E-state index in [9.17, 15) is 0 Å². The van der Waals surface area contributed by atoms with E-state index in [4.69, 9.17) is 10.2 Å². The van der Waals surface area contributed by atoms with Crippen LogP contribution >= 0.6 is 0 Å². The van der Waals surface area contributed by atoms with E-state index in [0.717, 1.165) is 4.90 Å². The summed E-state index contributed by atoms with van der Waals surface area (Å²) in [5, 5.41) is 16.5. The Morgan fingerprint density at radius 3 is 1.75 bits per heavy atom. The molecule has 0 bridgehead atoms. The minimum Gasteiger partial charge on any atom is -0.870 e. The van der Waals surface area contributed by atoms with Gasteiger partial charge in [-0.15, -0.1) is 0 Å². The third kappa shape index (κ3) is 9.28. The number of aliphatic hydroxyl groups is 2. The average molecular weight is 123 g/mol. The Hall–Kier alpha value is -0.160. The molecule has 0 saturated heterocycles. The monoisotopic (exact) mass is 123 g/mol. The van der Waals surface area contributed by atoms with Crippen molar-refractivity contribution < 1.29 is 20.6 Å². The highest BCUT2D eigenvalue weighted by Gasteiger charge is 1.99. The van der Waals surface area contributed by atoms with Crippen molar-refractivity contribution in [2.24, 2.45) is 0 Å². The molecule has 52 valence electrons. The third-order valence-corrected chi connectivity index (χ3v) is 0.591. The lowest BCUT2D eigenvalue weighted by atomic mass is 10.6. The van der Waals surface area contributed by atoms with Crippen molar-refractivity contribution in [2.75, 3.05) is 20.6 Å². The Labute approximate surface area is 48.7 Å². The van der Waals surface area contributed by atoms with Gasteiger partial charge >= 0.3 is 0 Å². The largest absolute Gasteiger partial charge is 0.870 e. The Balaban J connectivity index is 0. The molecule has 0 spiro atoms. The Morgan fingerprint density at radius 2 is 1.75 bits per heavy atom. The van der Waals surface area contributed by atoms with Crippen molar-refractivity contribution in [3.8, 4) is 0 Å². The van der Waals surface area contributed by atoms with E-state index < -0.39 is 6.29 Å². The van der Waals surface area contributed by atoms with Crippen molar-refractivity contribution >= 4 is 0 Å². The maximum atomic E-state index is 8.26. The van der Waals surface area contributed by atoms with Gasteiger partial charge < -0.3 is 20.6 Å².